The van der Waals surface area contributed by atoms with E-state index in [4.69, 9.17) is 28.9 Å². The summed E-state index contributed by atoms with van der Waals surface area (Å²) in [7, 11) is 0. The molecule has 0 aliphatic rings. The molecule has 2 aromatic carbocycles. The second-order valence-corrected chi connectivity index (χ2v) is 5.92. The molecule has 0 saturated heterocycles. The highest BCUT2D eigenvalue weighted by atomic mass is 79.9. The van der Waals surface area contributed by atoms with Gasteiger partial charge in [0.1, 0.15) is 0 Å². The topological polar surface area (TPSA) is 69.6 Å². The number of anilines is 1. The molecule has 0 amide bonds. The lowest BCUT2D eigenvalue weighted by Crippen LogP contribution is -2.01. The largest absolute Gasteiger partial charge is 0.398 e. The first kappa shape index (κ1) is 14.3. The average Bonchev–Trinajstić information content (AvgIpc) is 2.91. The molecule has 1 heterocycles. The zero-order chi connectivity index (χ0) is 15.0. The third-order valence-corrected chi connectivity index (χ3v) is 4.09. The van der Waals surface area contributed by atoms with Crippen molar-refractivity contribution in [2.75, 3.05) is 5.73 Å². The maximum atomic E-state index is 6.25. The van der Waals surface area contributed by atoms with Crippen molar-refractivity contribution in [3.8, 4) is 17.1 Å². The first-order chi connectivity index (χ1) is 10.1. The summed E-state index contributed by atoms with van der Waals surface area (Å²) in [5, 5.41) is 12.6. The third kappa shape index (κ3) is 2.62. The van der Waals surface area contributed by atoms with Gasteiger partial charge in [-0.3, -0.25) is 0 Å². The van der Waals surface area contributed by atoms with Crippen molar-refractivity contribution in [1.82, 2.24) is 20.2 Å². The van der Waals surface area contributed by atoms with Crippen LogP contribution in [0.4, 0.5) is 5.69 Å². The van der Waals surface area contributed by atoms with Crippen LogP contribution in [0.15, 0.2) is 40.9 Å². The van der Waals surface area contributed by atoms with Gasteiger partial charge < -0.3 is 5.73 Å². The average molecular weight is 385 g/mol. The minimum Gasteiger partial charge on any atom is -0.398 e. The Morgan fingerprint density at radius 2 is 1.95 bits per heavy atom. The zero-order valence-electron chi connectivity index (χ0n) is 10.5. The summed E-state index contributed by atoms with van der Waals surface area (Å²) in [6.07, 6.45) is 0. The normalized spacial score (nSPS) is 10.8. The van der Waals surface area contributed by atoms with E-state index >= 15 is 0 Å². The molecule has 0 radical (unpaired) electrons. The van der Waals surface area contributed by atoms with Crippen molar-refractivity contribution in [1.29, 1.82) is 0 Å². The van der Waals surface area contributed by atoms with Gasteiger partial charge in [0.05, 0.1) is 21.4 Å². The van der Waals surface area contributed by atoms with Crippen LogP contribution in [-0.4, -0.2) is 20.2 Å². The molecule has 0 bridgehead atoms. The molecule has 0 saturated carbocycles. The van der Waals surface area contributed by atoms with Crippen molar-refractivity contribution in [3.05, 3.63) is 50.9 Å². The van der Waals surface area contributed by atoms with Crippen molar-refractivity contribution < 1.29 is 0 Å². The van der Waals surface area contributed by atoms with Crippen LogP contribution in [0.2, 0.25) is 10.0 Å². The van der Waals surface area contributed by atoms with Crippen LogP contribution in [0.1, 0.15) is 0 Å². The van der Waals surface area contributed by atoms with E-state index in [-0.39, 0.29) is 0 Å². The van der Waals surface area contributed by atoms with Crippen LogP contribution >= 0.6 is 39.1 Å². The second-order valence-electron chi connectivity index (χ2n) is 4.22. The van der Waals surface area contributed by atoms with Gasteiger partial charge in [0, 0.05) is 10.0 Å². The van der Waals surface area contributed by atoms with Gasteiger partial charge in [-0.05, 0) is 40.8 Å². The molecule has 3 rings (SSSR count). The van der Waals surface area contributed by atoms with Crippen molar-refractivity contribution in [2.45, 2.75) is 0 Å². The first-order valence-electron chi connectivity index (χ1n) is 5.86. The van der Waals surface area contributed by atoms with E-state index in [2.05, 4.69) is 31.5 Å². The number of nitrogens with zero attached hydrogens (tertiary/aromatic N) is 4. The Hall–Kier alpha value is -1.63. The molecule has 0 aliphatic carbocycles. The van der Waals surface area contributed by atoms with Crippen LogP contribution in [0.3, 0.4) is 0 Å². The third-order valence-electron chi connectivity index (χ3n) is 2.88. The molecule has 8 heteroatoms. The summed E-state index contributed by atoms with van der Waals surface area (Å²) in [5.74, 6) is 0.469. The first-order valence-corrected chi connectivity index (χ1v) is 7.41. The lowest BCUT2D eigenvalue weighted by Gasteiger charge is -2.09. The molecule has 0 spiro atoms. The number of hydrogen-bond acceptors (Lipinski definition) is 4. The molecule has 1 aromatic heterocycles. The second kappa shape index (κ2) is 5.63. The monoisotopic (exact) mass is 383 g/mol. The van der Waals surface area contributed by atoms with Crippen LogP contribution in [0, 0.1) is 0 Å². The quantitative estimate of drug-likeness (QED) is 0.678. The van der Waals surface area contributed by atoms with Gasteiger partial charge in [-0.1, -0.05) is 45.2 Å². The summed E-state index contributed by atoms with van der Waals surface area (Å²) < 4.78 is 2.39. The van der Waals surface area contributed by atoms with Crippen molar-refractivity contribution in [3.63, 3.8) is 0 Å². The van der Waals surface area contributed by atoms with Crippen LogP contribution in [0.25, 0.3) is 17.1 Å². The van der Waals surface area contributed by atoms with E-state index in [1.807, 2.05) is 12.1 Å². The molecule has 0 atom stereocenters. The number of aromatic nitrogens is 4. The van der Waals surface area contributed by atoms with E-state index in [1.54, 1.807) is 24.3 Å². The van der Waals surface area contributed by atoms with Crippen LogP contribution < -0.4 is 5.73 Å². The number of rotatable bonds is 2. The molecular formula is C13H8BrCl2N5. The molecule has 106 valence electrons. The number of nitrogen functional groups attached to an aromatic ring is 1. The highest BCUT2D eigenvalue weighted by Crippen LogP contribution is 2.33. The predicted octanol–water partition coefficient (Wildman–Crippen LogP) is 3.98. The number of tetrazole rings is 1. The summed E-state index contributed by atoms with van der Waals surface area (Å²) in [4.78, 5) is 0. The Bertz CT molecular complexity index is 818. The molecule has 0 aliphatic heterocycles. The van der Waals surface area contributed by atoms with Crippen molar-refractivity contribution in [2.24, 2.45) is 0 Å². The van der Waals surface area contributed by atoms with Crippen molar-refractivity contribution >= 4 is 44.8 Å². The van der Waals surface area contributed by atoms with Gasteiger partial charge in [0.2, 0.25) is 0 Å². The predicted molar refractivity (Wildman–Crippen MR) is 86.7 cm³/mol. The standard InChI is InChI=1S/C13H8BrCl2N5/c14-7-4-5-11(9(15)6-7)21-13(18-19-20-21)8-2-1-3-10(17)12(8)16/h1-6H,17H2. The summed E-state index contributed by atoms with van der Waals surface area (Å²) in [6.45, 7) is 0. The van der Waals surface area contributed by atoms with Gasteiger partial charge in [0.25, 0.3) is 0 Å². The lowest BCUT2D eigenvalue weighted by molar-refractivity contribution is 0.791. The SMILES string of the molecule is Nc1cccc(-c2nnnn2-c2ccc(Br)cc2Cl)c1Cl. The Balaban J connectivity index is 2.20. The molecule has 2 N–H and O–H groups in total. The lowest BCUT2D eigenvalue weighted by atomic mass is 10.2. The smallest absolute Gasteiger partial charge is 0.188 e. The van der Waals surface area contributed by atoms with E-state index < -0.39 is 0 Å². The Morgan fingerprint density at radius 3 is 2.71 bits per heavy atom. The van der Waals surface area contributed by atoms with Gasteiger partial charge >= 0.3 is 0 Å². The summed E-state index contributed by atoms with van der Waals surface area (Å²) in [6, 6.07) is 10.7. The van der Waals surface area contributed by atoms with Gasteiger partial charge in [0.15, 0.2) is 5.82 Å². The molecule has 0 fully saturated rings. The van der Waals surface area contributed by atoms with Gasteiger partial charge in [-0.15, -0.1) is 5.10 Å². The number of benzene rings is 2. The Labute approximate surface area is 138 Å². The molecular weight excluding hydrogens is 377 g/mol. The zero-order valence-corrected chi connectivity index (χ0v) is 13.6. The van der Waals surface area contributed by atoms with E-state index in [1.165, 1.54) is 4.68 Å². The van der Waals surface area contributed by atoms with Crippen LogP contribution in [0.5, 0.6) is 0 Å². The van der Waals surface area contributed by atoms with E-state index in [0.717, 1.165) is 4.47 Å². The maximum absolute atomic E-state index is 6.25. The number of hydrogen-bond donors (Lipinski definition) is 1. The molecule has 0 unspecified atom stereocenters. The minimum atomic E-state index is 0.404. The summed E-state index contributed by atoms with van der Waals surface area (Å²) in [5.41, 5.74) is 7.58. The van der Waals surface area contributed by atoms with Gasteiger partial charge in [-0.2, -0.15) is 4.68 Å². The minimum absolute atomic E-state index is 0.404. The van der Waals surface area contributed by atoms with E-state index in [9.17, 15) is 0 Å². The highest BCUT2D eigenvalue weighted by molar-refractivity contribution is 9.10. The molecule has 21 heavy (non-hydrogen) atoms. The Morgan fingerprint density at radius 1 is 1.14 bits per heavy atom. The molecule has 3 aromatic rings. The fourth-order valence-electron chi connectivity index (χ4n) is 1.89. The van der Waals surface area contributed by atoms with E-state index in [0.29, 0.717) is 32.8 Å². The van der Waals surface area contributed by atoms with Crippen LogP contribution in [-0.2, 0) is 0 Å². The Kier molecular flexibility index (Phi) is 3.84. The summed E-state index contributed by atoms with van der Waals surface area (Å²) >= 11 is 15.8. The molecule has 5 nitrogen and oxygen atoms in total. The highest BCUT2D eigenvalue weighted by Gasteiger charge is 2.16. The fourth-order valence-corrected chi connectivity index (χ4v) is 2.86. The van der Waals surface area contributed by atoms with Gasteiger partial charge in [-0.25, -0.2) is 0 Å². The maximum Gasteiger partial charge on any atom is 0.188 e. The number of halogens is 3. The number of nitrogens with two attached hydrogens (primary N) is 1. The fraction of sp³-hybridized carbons (Fsp3) is 0.